The summed E-state index contributed by atoms with van der Waals surface area (Å²) in [6, 6.07) is 13.7. The van der Waals surface area contributed by atoms with Gasteiger partial charge in [0.05, 0.1) is 0 Å². The van der Waals surface area contributed by atoms with Gasteiger partial charge in [0, 0.05) is 36.4 Å². The molecule has 2 aromatic carbocycles. The van der Waals surface area contributed by atoms with Crippen LogP contribution in [0.3, 0.4) is 0 Å². The van der Waals surface area contributed by atoms with Crippen LogP contribution in [-0.2, 0) is 11.3 Å². The van der Waals surface area contributed by atoms with Gasteiger partial charge in [-0.15, -0.1) is 0 Å². The first kappa shape index (κ1) is 20.0. The summed E-state index contributed by atoms with van der Waals surface area (Å²) in [7, 11) is 0. The number of hydrogen-bond donors (Lipinski definition) is 4. The maximum atomic E-state index is 12.3. The van der Waals surface area contributed by atoms with E-state index in [0.717, 1.165) is 5.56 Å². The molecule has 2 rings (SSSR count). The summed E-state index contributed by atoms with van der Waals surface area (Å²) in [4.78, 5) is 34.9. The van der Waals surface area contributed by atoms with Crippen molar-refractivity contribution in [1.82, 2.24) is 10.6 Å². The van der Waals surface area contributed by atoms with Gasteiger partial charge in [0.2, 0.25) is 5.91 Å². The molecule has 4 amide bonds. The van der Waals surface area contributed by atoms with Gasteiger partial charge in [0.15, 0.2) is 0 Å². The molecular weight excluding hydrogens is 344 g/mol. The van der Waals surface area contributed by atoms with Gasteiger partial charge in [-0.3, -0.25) is 9.59 Å². The van der Waals surface area contributed by atoms with Crippen LogP contribution >= 0.6 is 0 Å². The molecule has 142 valence electrons. The first-order valence-corrected chi connectivity index (χ1v) is 8.66. The van der Waals surface area contributed by atoms with Crippen LogP contribution in [0.1, 0.15) is 36.7 Å². The van der Waals surface area contributed by atoms with Crippen molar-refractivity contribution in [2.75, 3.05) is 10.6 Å². The second-order valence-electron chi connectivity index (χ2n) is 6.39. The average molecular weight is 368 g/mol. The number of anilines is 2. The zero-order valence-electron chi connectivity index (χ0n) is 15.6. The minimum atomic E-state index is -0.237. The normalized spacial score (nSPS) is 10.2. The lowest BCUT2D eigenvalue weighted by atomic mass is 10.1. The van der Waals surface area contributed by atoms with Crippen LogP contribution in [-0.4, -0.2) is 23.9 Å². The Labute approximate surface area is 158 Å². The first-order valence-electron chi connectivity index (χ1n) is 8.66. The van der Waals surface area contributed by atoms with Crippen LogP contribution in [0.4, 0.5) is 16.2 Å². The molecule has 7 nitrogen and oxygen atoms in total. The number of rotatable bonds is 6. The van der Waals surface area contributed by atoms with Gasteiger partial charge in [-0.2, -0.15) is 0 Å². The zero-order valence-corrected chi connectivity index (χ0v) is 15.6. The van der Waals surface area contributed by atoms with E-state index in [2.05, 4.69) is 21.3 Å². The predicted octanol–water partition coefficient (Wildman–Crippen LogP) is 3.10. The van der Waals surface area contributed by atoms with Crippen molar-refractivity contribution in [1.29, 1.82) is 0 Å². The van der Waals surface area contributed by atoms with Crippen molar-refractivity contribution < 1.29 is 14.4 Å². The van der Waals surface area contributed by atoms with Gasteiger partial charge in [0.25, 0.3) is 5.91 Å². The molecule has 7 heteroatoms. The predicted molar refractivity (Wildman–Crippen MR) is 106 cm³/mol. The van der Waals surface area contributed by atoms with Crippen molar-refractivity contribution in [2.24, 2.45) is 0 Å². The summed E-state index contributed by atoms with van der Waals surface area (Å²) in [5, 5.41) is 11.0. The summed E-state index contributed by atoms with van der Waals surface area (Å²) in [6.45, 7) is 5.59. The zero-order chi connectivity index (χ0) is 19.8. The lowest BCUT2D eigenvalue weighted by Crippen LogP contribution is -2.39. The van der Waals surface area contributed by atoms with E-state index in [9.17, 15) is 14.4 Å². The minimum absolute atomic E-state index is 0.0726. The second kappa shape index (κ2) is 9.38. The standard InChI is InChI=1S/C20H24N4O3/c1-13(2)22-20(27)21-12-15-4-6-16(7-5-15)19(26)24-18-10-8-17(9-11-18)23-14(3)25/h4-11,13H,12H2,1-3H3,(H,23,25)(H,24,26)(H2,21,22,27). The van der Waals surface area contributed by atoms with E-state index in [1.807, 2.05) is 13.8 Å². The summed E-state index contributed by atoms with van der Waals surface area (Å²) in [6.07, 6.45) is 0. The number of carbonyl (C=O) groups excluding carboxylic acids is 3. The molecular formula is C20H24N4O3. The van der Waals surface area contributed by atoms with Crippen molar-refractivity contribution in [3.63, 3.8) is 0 Å². The van der Waals surface area contributed by atoms with E-state index in [0.29, 0.717) is 23.5 Å². The first-order chi connectivity index (χ1) is 12.8. The average Bonchev–Trinajstić information content (AvgIpc) is 2.61. The van der Waals surface area contributed by atoms with Crippen molar-refractivity contribution in [3.8, 4) is 0 Å². The third-order valence-electron chi connectivity index (χ3n) is 3.55. The topological polar surface area (TPSA) is 99.3 Å². The molecule has 27 heavy (non-hydrogen) atoms. The maximum Gasteiger partial charge on any atom is 0.315 e. The Morgan fingerprint density at radius 2 is 1.41 bits per heavy atom. The highest BCUT2D eigenvalue weighted by Crippen LogP contribution is 2.15. The molecule has 0 atom stereocenters. The second-order valence-corrected chi connectivity index (χ2v) is 6.39. The van der Waals surface area contributed by atoms with Crippen LogP contribution in [0.15, 0.2) is 48.5 Å². The van der Waals surface area contributed by atoms with Crippen LogP contribution in [0.5, 0.6) is 0 Å². The molecule has 0 spiro atoms. The van der Waals surface area contributed by atoms with Crippen LogP contribution < -0.4 is 21.3 Å². The van der Waals surface area contributed by atoms with Gasteiger partial charge < -0.3 is 21.3 Å². The fourth-order valence-corrected chi connectivity index (χ4v) is 2.31. The molecule has 0 saturated heterocycles. The molecule has 0 saturated carbocycles. The largest absolute Gasteiger partial charge is 0.336 e. The van der Waals surface area contributed by atoms with Crippen molar-refractivity contribution in [3.05, 3.63) is 59.7 Å². The third kappa shape index (κ3) is 6.81. The summed E-state index contributed by atoms with van der Waals surface area (Å²) in [5.74, 6) is -0.387. The molecule has 0 unspecified atom stereocenters. The fourth-order valence-electron chi connectivity index (χ4n) is 2.31. The Morgan fingerprint density at radius 1 is 0.852 bits per heavy atom. The lowest BCUT2D eigenvalue weighted by molar-refractivity contribution is -0.114. The number of hydrogen-bond acceptors (Lipinski definition) is 3. The van der Waals surface area contributed by atoms with E-state index < -0.39 is 0 Å². The fraction of sp³-hybridized carbons (Fsp3) is 0.250. The summed E-state index contributed by atoms with van der Waals surface area (Å²) in [5.41, 5.74) is 2.70. The highest BCUT2D eigenvalue weighted by molar-refractivity contribution is 6.04. The SMILES string of the molecule is CC(=O)Nc1ccc(NC(=O)c2ccc(CNC(=O)NC(C)C)cc2)cc1. The van der Waals surface area contributed by atoms with Crippen molar-refractivity contribution >= 4 is 29.2 Å². The van der Waals surface area contributed by atoms with E-state index in [-0.39, 0.29) is 23.9 Å². The number of benzene rings is 2. The van der Waals surface area contributed by atoms with Gasteiger partial charge >= 0.3 is 6.03 Å². The highest BCUT2D eigenvalue weighted by Gasteiger charge is 2.07. The molecule has 0 radical (unpaired) electrons. The number of carbonyl (C=O) groups is 3. The maximum absolute atomic E-state index is 12.3. The minimum Gasteiger partial charge on any atom is -0.336 e. The molecule has 0 fully saturated rings. The lowest BCUT2D eigenvalue weighted by Gasteiger charge is -2.10. The number of nitrogens with one attached hydrogen (secondary N) is 4. The molecule has 0 aliphatic heterocycles. The van der Waals surface area contributed by atoms with Gasteiger partial charge in [-0.05, 0) is 55.8 Å². The Balaban J connectivity index is 1.89. The highest BCUT2D eigenvalue weighted by atomic mass is 16.2. The summed E-state index contributed by atoms with van der Waals surface area (Å²) >= 11 is 0. The van der Waals surface area contributed by atoms with Gasteiger partial charge in [-0.1, -0.05) is 12.1 Å². The molecule has 0 bridgehead atoms. The Morgan fingerprint density at radius 3 is 1.93 bits per heavy atom. The van der Waals surface area contributed by atoms with Crippen LogP contribution in [0, 0.1) is 0 Å². The van der Waals surface area contributed by atoms with Crippen molar-refractivity contribution in [2.45, 2.75) is 33.4 Å². The molecule has 0 aliphatic rings. The van der Waals surface area contributed by atoms with Crippen LogP contribution in [0.25, 0.3) is 0 Å². The molecule has 0 aliphatic carbocycles. The third-order valence-corrected chi connectivity index (χ3v) is 3.55. The Bertz CT molecular complexity index is 799. The van der Waals surface area contributed by atoms with Crippen LogP contribution in [0.2, 0.25) is 0 Å². The Kier molecular flexibility index (Phi) is 6.93. The quantitative estimate of drug-likeness (QED) is 0.630. The number of amides is 4. The molecule has 0 aromatic heterocycles. The molecule has 4 N–H and O–H groups in total. The van der Waals surface area contributed by atoms with E-state index in [1.165, 1.54) is 6.92 Å². The van der Waals surface area contributed by atoms with E-state index >= 15 is 0 Å². The van der Waals surface area contributed by atoms with Gasteiger partial charge in [0.1, 0.15) is 0 Å². The molecule has 0 heterocycles. The smallest absolute Gasteiger partial charge is 0.315 e. The van der Waals surface area contributed by atoms with E-state index in [1.54, 1.807) is 48.5 Å². The van der Waals surface area contributed by atoms with E-state index in [4.69, 9.17) is 0 Å². The Hall–Kier alpha value is -3.35. The monoisotopic (exact) mass is 368 g/mol. The molecule has 2 aromatic rings. The number of urea groups is 1. The summed E-state index contributed by atoms with van der Waals surface area (Å²) < 4.78 is 0. The van der Waals surface area contributed by atoms with Gasteiger partial charge in [-0.25, -0.2) is 4.79 Å².